The van der Waals surface area contributed by atoms with Crippen LogP contribution in [0.5, 0.6) is 0 Å². The van der Waals surface area contributed by atoms with Crippen LogP contribution >= 0.6 is 0 Å². The first kappa shape index (κ1) is 15.3. The summed E-state index contributed by atoms with van der Waals surface area (Å²) in [6.45, 7) is 0.166. The number of anilines is 2. The van der Waals surface area contributed by atoms with E-state index >= 15 is 0 Å². The Hall–Kier alpha value is -3.08. The van der Waals surface area contributed by atoms with Gasteiger partial charge in [0, 0.05) is 29.6 Å². The summed E-state index contributed by atoms with van der Waals surface area (Å²) in [5.74, 6) is -1.27. The average molecular weight is 296 g/mol. The number of hydrogen-bond acceptors (Lipinski definition) is 3. The van der Waals surface area contributed by atoms with E-state index in [0.717, 1.165) is 6.08 Å². The van der Waals surface area contributed by atoms with Crippen molar-refractivity contribution < 1.29 is 14.7 Å². The van der Waals surface area contributed by atoms with Gasteiger partial charge in [-0.05, 0) is 36.4 Å². The number of carboxylic acid groups (broad SMARTS) is 1. The molecule has 0 radical (unpaired) electrons. The summed E-state index contributed by atoms with van der Waals surface area (Å²) in [6.07, 6.45) is 2.46. The summed E-state index contributed by atoms with van der Waals surface area (Å²) in [5.41, 5.74) is 7.39. The number of nitrogen functional groups attached to an aromatic ring is 1. The molecule has 0 spiro atoms. The van der Waals surface area contributed by atoms with E-state index in [4.69, 9.17) is 10.8 Å². The normalized spacial score (nSPS) is 10.5. The Morgan fingerprint density at radius 2 is 1.68 bits per heavy atom. The Bertz CT molecular complexity index is 679. The monoisotopic (exact) mass is 296 g/mol. The first-order valence-corrected chi connectivity index (χ1v) is 6.70. The lowest BCUT2D eigenvalue weighted by molar-refractivity contribution is -0.131. The maximum atomic E-state index is 12.6. The van der Waals surface area contributed by atoms with E-state index in [-0.39, 0.29) is 12.5 Å². The zero-order chi connectivity index (χ0) is 15.9. The number of carbonyl (C=O) groups excluding carboxylic acids is 1. The number of carbonyl (C=O) groups is 2. The molecule has 112 valence electrons. The maximum Gasteiger partial charge on any atom is 0.328 e. The van der Waals surface area contributed by atoms with Crippen LogP contribution in [0.3, 0.4) is 0 Å². The van der Waals surface area contributed by atoms with Gasteiger partial charge in [0.2, 0.25) is 0 Å². The molecule has 0 aliphatic heterocycles. The van der Waals surface area contributed by atoms with Gasteiger partial charge in [-0.2, -0.15) is 0 Å². The molecule has 3 N–H and O–H groups in total. The van der Waals surface area contributed by atoms with Crippen LogP contribution in [-0.2, 0) is 4.79 Å². The second kappa shape index (κ2) is 7.08. The minimum atomic E-state index is -1.05. The van der Waals surface area contributed by atoms with Crippen LogP contribution in [0.2, 0.25) is 0 Å². The molecule has 0 aliphatic rings. The van der Waals surface area contributed by atoms with Crippen molar-refractivity contribution in [2.45, 2.75) is 0 Å². The molecule has 1 amide bonds. The molecule has 0 heterocycles. The molecule has 22 heavy (non-hydrogen) atoms. The fraction of sp³-hybridized carbons (Fsp3) is 0.0588. The first-order chi connectivity index (χ1) is 10.6. The van der Waals surface area contributed by atoms with Crippen LogP contribution in [0.25, 0.3) is 0 Å². The molecule has 0 aliphatic carbocycles. The number of carboxylic acids is 1. The van der Waals surface area contributed by atoms with Gasteiger partial charge in [0.05, 0.1) is 0 Å². The van der Waals surface area contributed by atoms with E-state index < -0.39 is 5.97 Å². The van der Waals surface area contributed by atoms with E-state index in [1.54, 1.807) is 36.4 Å². The molecule has 2 aromatic carbocycles. The van der Waals surface area contributed by atoms with Gasteiger partial charge in [0.25, 0.3) is 5.91 Å². The second-order valence-corrected chi connectivity index (χ2v) is 4.61. The molecule has 5 nitrogen and oxygen atoms in total. The number of amides is 1. The van der Waals surface area contributed by atoms with Gasteiger partial charge >= 0.3 is 5.97 Å². The molecule has 2 rings (SSSR count). The lowest BCUT2D eigenvalue weighted by atomic mass is 10.1. The quantitative estimate of drug-likeness (QED) is 0.656. The van der Waals surface area contributed by atoms with Crippen molar-refractivity contribution >= 4 is 23.3 Å². The topological polar surface area (TPSA) is 83.6 Å². The summed E-state index contributed by atoms with van der Waals surface area (Å²) in [4.78, 5) is 24.7. The number of para-hydroxylation sites is 1. The summed E-state index contributed by atoms with van der Waals surface area (Å²) in [5, 5.41) is 8.68. The number of nitrogens with zero attached hydrogens (tertiary/aromatic N) is 1. The molecule has 0 bridgehead atoms. The fourth-order valence-corrected chi connectivity index (χ4v) is 1.95. The lowest BCUT2D eigenvalue weighted by Gasteiger charge is -2.21. The third-order valence-corrected chi connectivity index (χ3v) is 3.02. The Kier molecular flexibility index (Phi) is 4.93. The summed E-state index contributed by atoms with van der Waals surface area (Å²) in [6, 6.07) is 15.7. The molecule has 0 saturated heterocycles. The maximum absolute atomic E-state index is 12.6. The van der Waals surface area contributed by atoms with Gasteiger partial charge in [0.15, 0.2) is 0 Å². The van der Waals surface area contributed by atoms with Gasteiger partial charge < -0.3 is 15.7 Å². The predicted octanol–water partition coefficient (Wildman–Crippen LogP) is 2.56. The SMILES string of the molecule is Nc1ccc(C(=O)N(CC=CC(=O)O)c2ccccc2)cc1. The molecule has 2 aromatic rings. The van der Waals surface area contributed by atoms with Crippen LogP contribution in [-0.4, -0.2) is 23.5 Å². The number of aliphatic carboxylic acids is 1. The highest BCUT2D eigenvalue weighted by atomic mass is 16.4. The second-order valence-electron chi connectivity index (χ2n) is 4.61. The number of nitrogens with two attached hydrogens (primary N) is 1. The predicted molar refractivity (Wildman–Crippen MR) is 85.7 cm³/mol. The Labute approximate surface area is 128 Å². The van der Waals surface area contributed by atoms with E-state index in [1.165, 1.54) is 11.0 Å². The standard InChI is InChI=1S/C17H16N2O3/c18-14-10-8-13(9-11-14)17(22)19(12-4-7-16(20)21)15-5-2-1-3-6-15/h1-11H,12,18H2,(H,20,21). The molecule has 0 atom stereocenters. The molecule has 0 unspecified atom stereocenters. The van der Waals surface area contributed by atoms with Crippen molar-refractivity contribution in [2.75, 3.05) is 17.2 Å². The first-order valence-electron chi connectivity index (χ1n) is 6.70. The number of benzene rings is 2. The largest absolute Gasteiger partial charge is 0.478 e. The number of rotatable bonds is 5. The molecule has 0 saturated carbocycles. The Morgan fingerprint density at radius 3 is 2.27 bits per heavy atom. The fourth-order valence-electron chi connectivity index (χ4n) is 1.95. The van der Waals surface area contributed by atoms with Gasteiger partial charge in [-0.25, -0.2) is 4.79 Å². The third kappa shape index (κ3) is 3.96. The molecule has 5 heteroatoms. The van der Waals surface area contributed by atoms with Gasteiger partial charge in [0.1, 0.15) is 0 Å². The van der Waals surface area contributed by atoms with E-state index in [2.05, 4.69) is 0 Å². The third-order valence-electron chi connectivity index (χ3n) is 3.02. The average Bonchev–Trinajstić information content (AvgIpc) is 2.52. The Morgan fingerprint density at radius 1 is 1.05 bits per heavy atom. The summed E-state index contributed by atoms with van der Waals surface area (Å²) >= 11 is 0. The van der Waals surface area contributed by atoms with Crippen molar-refractivity contribution in [2.24, 2.45) is 0 Å². The van der Waals surface area contributed by atoms with Crippen LogP contribution in [0.4, 0.5) is 11.4 Å². The van der Waals surface area contributed by atoms with Crippen molar-refractivity contribution in [3.8, 4) is 0 Å². The smallest absolute Gasteiger partial charge is 0.328 e. The minimum Gasteiger partial charge on any atom is -0.478 e. The van der Waals surface area contributed by atoms with Crippen LogP contribution in [0, 0.1) is 0 Å². The molecular weight excluding hydrogens is 280 g/mol. The van der Waals surface area contributed by atoms with E-state index in [9.17, 15) is 9.59 Å². The van der Waals surface area contributed by atoms with Crippen molar-refractivity contribution in [3.63, 3.8) is 0 Å². The van der Waals surface area contributed by atoms with Gasteiger partial charge in [-0.3, -0.25) is 4.79 Å². The van der Waals surface area contributed by atoms with Gasteiger partial charge in [-0.1, -0.05) is 24.3 Å². The van der Waals surface area contributed by atoms with Crippen molar-refractivity contribution in [1.82, 2.24) is 0 Å². The zero-order valence-electron chi connectivity index (χ0n) is 11.8. The lowest BCUT2D eigenvalue weighted by Crippen LogP contribution is -2.31. The van der Waals surface area contributed by atoms with Crippen molar-refractivity contribution in [3.05, 3.63) is 72.3 Å². The van der Waals surface area contributed by atoms with Crippen LogP contribution in [0.15, 0.2) is 66.7 Å². The molecular formula is C17H16N2O3. The summed E-state index contributed by atoms with van der Waals surface area (Å²) < 4.78 is 0. The van der Waals surface area contributed by atoms with Crippen LogP contribution in [0.1, 0.15) is 10.4 Å². The van der Waals surface area contributed by atoms with Crippen molar-refractivity contribution in [1.29, 1.82) is 0 Å². The summed E-state index contributed by atoms with van der Waals surface area (Å²) in [7, 11) is 0. The van der Waals surface area contributed by atoms with E-state index in [1.807, 2.05) is 18.2 Å². The van der Waals surface area contributed by atoms with Gasteiger partial charge in [-0.15, -0.1) is 0 Å². The van der Waals surface area contributed by atoms with Crippen LogP contribution < -0.4 is 10.6 Å². The van der Waals surface area contributed by atoms with E-state index in [0.29, 0.717) is 16.9 Å². The molecule has 0 aromatic heterocycles. The highest BCUT2D eigenvalue weighted by Gasteiger charge is 2.16. The highest BCUT2D eigenvalue weighted by molar-refractivity contribution is 6.06. The number of hydrogen-bond donors (Lipinski definition) is 2. The zero-order valence-corrected chi connectivity index (χ0v) is 11.8. The highest BCUT2D eigenvalue weighted by Crippen LogP contribution is 2.17. The molecule has 0 fully saturated rings. The Balaban J connectivity index is 2.29. The minimum absolute atomic E-state index is 0.166.